The van der Waals surface area contributed by atoms with E-state index in [-0.39, 0.29) is 17.9 Å². The van der Waals surface area contributed by atoms with Gasteiger partial charge in [0.15, 0.2) is 16.3 Å². The van der Waals surface area contributed by atoms with Crippen molar-refractivity contribution in [1.82, 2.24) is 9.47 Å². The molecule has 0 radical (unpaired) electrons. The number of rotatable bonds is 9. The van der Waals surface area contributed by atoms with E-state index in [9.17, 15) is 19.7 Å². The predicted octanol–water partition coefficient (Wildman–Crippen LogP) is 3.61. The van der Waals surface area contributed by atoms with Crippen molar-refractivity contribution < 1.29 is 23.9 Å². The number of benzene rings is 3. The maximum Gasteiger partial charge on any atom is 0.338 e. The van der Waals surface area contributed by atoms with Crippen molar-refractivity contribution >= 4 is 40.5 Å². The summed E-state index contributed by atoms with van der Waals surface area (Å²) in [5.74, 6) is 0.304. The molecule has 3 aromatic carbocycles. The van der Waals surface area contributed by atoms with E-state index in [1.54, 1.807) is 37.3 Å². The molecule has 1 atom stereocenters. The molecule has 1 fully saturated rings. The van der Waals surface area contributed by atoms with Crippen LogP contribution < -0.4 is 29.3 Å². The van der Waals surface area contributed by atoms with Gasteiger partial charge in [0.1, 0.15) is 0 Å². The van der Waals surface area contributed by atoms with Gasteiger partial charge in [0.2, 0.25) is 0 Å². The molecular formula is C35H35N5O7S. The highest BCUT2D eigenvalue weighted by Gasteiger charge is 2.36. The average Bonchev–Trinajstić information content (AvgIpc) is 3.41. The van der Waals surface area contributed by atoms with Crippen LogP contribution in [0.2, 0.25) is 0 Å². The molecule has 13 heteroatoms. The summed E-state index contributed by atoms with van der Waals surface area (Å²) in [6.07, 6.45) is 1.69. The van der Waals surface area contributed by atoms with Gasteiger partial charge in [-0.15, -0.1) is 0 Å². The number of likely N-dealkylation sites (N-methyl/N-ethyl adjacent to an activating group) is 1. The van der Waals surface area contributed by atoms with Crippen molar-refractivity contribution in [1.29, 1.82) is 0 Å². The van der Waals surface area contributed by atoms with Gasteiger partial charge in [0.05, 0.1) is 47.6 Å². The Kier molecular flexibility index (Phi) is 9.42. The summed E-state index contributed by atoms with van der Waals surface area (Å²) in [4.78, 5) is 49.3. The topological polar surface area (TPSA) is 129 Å². The quantitative estimate of drug-likeness (QED) is 0.149. The fourth-order valence-electron chi connectivity index (χ4n) is 6.03. The first-order valence-electron chi connectivity index (χ1n) is 15.5. The largest absolute Gasteiger partial charge is 0.493 e. The number of non-ortho nitro benzene ring substituents is 1. The number of hydrogen-bond donors (Lipinski definition) is 0. The minimum atomic E-state index is -0.931. The number of aromatic nitrogens is 1. The highest BCUT2D eigenvalue weighted by Crippen LogP contribution is 2.38. The maximum atomic E-state index is 14.5. The number of methoxy groups -OCH3 is 2. The summed E-state index contributed by atoms with van der Waals surface area (Å²) in [7, 11) is 5.10. The lowest BCUT2D eigenvalue weighted by Gasteiger charge is -2.34. The van der Waals surface area contributed by atoms with Gasteiger partial charge < -0.3 is 24.0 Å². The number of nitro groups is 1. The normalized spacial score (nSPS) is 16.7. The second kappa shape index (κ2) is 13.8. The summed E-state index contributed by atoms with van der Waals surface area (Å²) in [5, 5.41) is 11.8. The Hall–Kier alpha value is -5.27. The van der Waals surface area contributed by atoms with Crippen molar-refractivity contribution in [3.05, 3.63) is 119 Å². The number of carbonyl (C=O) groups is 1. The third kappa shape index (κ3) is 6.21. The number of fused-ring (bicyclic) bond motifs is 1. The molecule has 2 aliphatic rings. The SMILES string of the molecule is CCOC(=O)C1=C(c2ccccc2)N=c2s/c(=C/c3cc([N+](=O)[O-])ccc3N3CCN(C)CC3)c(=O)n2[C@H]1c1ccc(OC)c(OC)c1. The molecule has 0 aliphatic carbocycles. The Labute approximate surface area is 280 Å². The van der Waals surface area contributed by atoms with Gasteiger partial charge in [0.25, 0.3) is 11.2 Å². The summed E-state index contributed by atoms with van der Waals surface area (Å²) in [5.41, 5.74) is 2.72. The average molecular weight is 670 g/mol. The lowest BCUT2D eigenvalue weighted by molar-refractivity contribution is -0.384. The molecule has 48 heavy (non-hydrogen) atoms. The molecule has 1 saturated heterocycles. The fraction of sp³-hybridized carbons (Fsp3) is 0.286. The van der Waals surface area contributed by atoms with Gasteiger partial charge in [-0.05, 0) is 43.8 Å². The second-order valence-electron chi connectivity index (χ2n) is 11.3. The molecule has 0 spiro atoms. The number of nitrogens with zero attached hydrogens (tertiary/aromatic N) is 5. The van der Waals surface area contributed by atoms with E-state index in [0.29, 0.717) is 43.2 Å². The van der Waals surface area contributed by atoms with Gasteiger partial charge in [-0.25, -0.2) is 9.79 Å². The summed E-state index contributed by atoms with van der Waals surface area (Å²) < 4.78 is 18.4. The number of hydrogen-bond acceptors (Lipinski definition) is 11. The molecular weight excluding hydrogens is 634 g/mol. The van der Waals surface area contributed by atoms with E-state index in [4.69, 9.17) is 19.2 Å². The minimum absolute atomic E-state index is 0.0777. The maximum absolute atomic E-state index is 14.5. The van der Waals surface area contributed by atoms with Gasteiger partial charge in [-0.2, -0.15) is 0 Å². The van der Waals surface area contributed by atoms with Crippen LogP contribution in [0, 0.1) is 10.1 Å². The molecule has 3 heterocycles. The molecule has 248 valence electrons. The van der Waals surface area contributed by atoms with Gasteiger partial charge in [-0.3, -0.25) is 19.5 Å². The predicted molar refractivity (Wildman–Crippen MR) is 183 cm³/mol. The molecule has 6 rings (SSSR count). The highest BCUT2D eigenvalue weighted by molar-refractivity contribution is 7.07. The van der Waals surface area contributed by atoms with E-state index >= 15 is 0 Å². The van der Waals surface area contributed by atoms with Crippen LogP contribution in [0.4, 0.5) is 11.4 Å². The summed E-state index contributed by atoms with van der Waals surface area (Å²) in [6, 6.07) is 18.3. The van der Waals surface area contributed by atoms with E-state index in [1.165, 1.54) is 30.9 Å². The first kappa shape index (κ1) is 32.7. The van der Waals surface area contributed by atoms with Gasteiger partial charge in [-0.1, -0.05) is 47.7 Å². The second-order valence-corrected chi connectivity index (χ2v) is 12.3. The lowest BCUT2D eigenvalue weighted by atomic mass is 9.93. The Bertz CT molecular complexity index is 2080. The number of esters is 1. The molecule has 0 amide bonds. The van der Waals surface area contributed by atoms with Crippen LogP contribution in [-0.4, -0.2) is 74.4 Å². The zero-order valence-corrected chi connectivity index (χ0v) is 27.9. The number of piperazine rings is 1. The zero-order valence-electron chi connectivity index (χ0n) is 27.0. The highest BCUT2D eigenvalue weighted by atomic mass is 32.1. The molecule has 0 N–H and O–H groups in total. The zero-order chi connectivity index (χ0) is 33.9. The first-order valence-corrected chi connectivity index (χ1v) is 16.3. The Morgan fingerprint density at radius 1 is 1.02 bits per heavy atom. The number of thiazole rings is 1. The smallest absolute Gasteiger partial charge is 0.338 e. The molecule has 0 bridgehead atoms. The third-order valence-corrected chi connectivity index (χ3v) is 9.43. The third-order valence-electron chi connectivity index (χ3n) is 8.45. The Morgan fingerprint density at radius 2 is 1.75 bits per heavy atom. The summed E-state index contributed by atoms with van der Waals surface area (Å²) in [6.45, 7) is 4.98. The number of carbonyl (C=O) groups excluding carboxylic acids is 1. The number of ether oxygens (including phenoxy) is 3. The molecule has 4 aromatic rings. The molecule has 0 saturated carbocycles. The van der Waals surface area contributed by atoms with Crippen LogP contribution >= 0.6 is 11.3 Å². The van der Waals surface area contributed by atoms with Crippen LogP contribution in [0.25, 0.3) is 11.8 Å². The van der Waals surface area contributed by atoms with Gasteiger partial charge >= 0.3 is 5.97 Å². The molecule has 12 nitrogen and oxygen atoms in total. The Morgan fingerprint density at radius 3 is 2.42 bits per heavy atom. The van der Waals surface area contributed by atoms with E-state index in [0.717, 1.165) is 43.2 Å². The van der Waals surface area contributed by atoms with Crippen molar-refractivity contribution in [2.45, 2.75) is 13.0 Å². The molecule has 1 aromatic heterocycles. The Balaban J connectivity index is 1.62. The lowest BCUT2D eigenvalue weighted by Crippen LogP contribution is -2.44. The van der Waals surface area contributed by atoms with Crippen molar-refractivity contribution in [2.24, 2.45) is 4.99 Å². The molecule has 0 unspecified atom stereocenters. The van der Waals surface area contributed by atoms with Crippen LogP contribution in [0.1, 0.15) is 29.7 Å². The van der Waals surface area contributed by atoms with Crippen molar-refractivity contribution in [3.63, 3.8) is 0 Å². The first-order chi connectivity index (χ1) is 23.2. The number of nitro benzene ring substituents is 1. The van der Waals surface area contributed by atoms with Crippen LogP contribution in [0.3, 0.4) is 0 Å². The molecule has 2 aliphatic heterocycles. The van der Waals surface area contributed by atoms with Gasteiger partial charge in [0, 0.05) is 55.1 Å². The fourth-order valence-corrected chi connectivity index (χ4v) is 7.02. The standard InChI is InChI=1S/C35H35N5O7S/c1-5-47-34(42)30-31(22-9-7-6-8-10-22)36-35-39(32(30)23-11-14-27(45-3)28(20-23)46-4)33(41)29(48-35)21-24-19-25(40(43)44)12-13-26(24)38-17-15-37(2)16-18-38/h6-14,19-21,32H,5,15-18H2,1-4H3/b29-21+/t32-/m0/s1. The van der Waals surface area contributed by atoms with Crippen LogP contribution in [-0.2, 0) is 9.53 Å². The van der Waals surface area contributed by atoms with Crippen LogP contribution in [0.5, 0.6) is 11.5 Å². The van der Waals surface area contributed by atoms with Crippen molar-refractivity contribution in [3.8, 4) is 11.5 Å². The van der Waals surface area contributed by atoms with E-state index in [1.807, 2.05) is 30.3 Å². The van der Waals surface area contributed by atoms with Crippen molar-refractivity contribution in [2.75, 3.05) is 59.0 Å². The summed E-state index contributed by atoms with van der Waals surface area (Å²) >= 11 is 1.16. The van der Waals surface area contributed by atoms with E-state index in [2.05, 4.69) is 16.8 Å². The minimum Gasteiger partial charge on any atom is -0.493 e. The monoisotopic (exact) mass is 669 g/mol. The van der Waals surface area contributed by atoms with Crippen LogP contribution in [0.15, 0.2) is 82.1 Å². The van der Waals surface area contributed by atoms with E-state index < -0.39 is 22.5 Å². The number of anilines is 1.